The molecule has 1 fully saturated rings. The Balaban J connectivity index is 2.16. The third-order valence-corrected chi connectivity index (χ3v) is 3.12. The van der Waals surface area contributed by atoms with Crippen LogP contribution in [0.2, 0.25) is 0 Å². The summed E-state index contributed by atoms with van der Waals surface area (Å²) in [5, 5.41) is 2.64. The third-order valence-electron chi connectivity index (χ3n) is 3.12. The molecular weight excluding hydrogens is 273 g/mol. The van der Waals surface area contributed by atoms with Crippen LogP contribution in [0.5, 0.6) is 0 Å². The van der Waals surface area contributed by atoms with Crippen molar-refractivity contribution in [1.29, 1.82) is 0 Å². The molecule has 0 bridgehead atoms. The number of nitrogens with one attached hydrogen (secondary N) is 1. The van der Waals surface area contributed by atoms with Crippen LogP contribution in [0.4, 0.5) is 18.9 Å². The monoisotopic (exact) mass is 288 g/mol. The lowest BCUT2D eigenvalue weighted by atomic mass is 10.1. The van der Waals surface area contributed by atoms with Crippen molar-refractivity contribution < 1.29 is 22.7 Å². The van der Waals surface area contributed by atoms with Gasteiger partial charge in [0.1, 0.15) is 0 Å². The highest BCUT2D eigenvalue weighted by Gasteiger charge is 2.31. The predicted octanol–water partition coefficient (Wildman–Crippen LogP) is 2.20. The van der Waals surface area contributed by atoms with Crippen molar-refractivity contribution in [1.82, 2.24) is 5.32 Å². The molecule has 1 aromatic carbocycles. The molecule has 4 nitrogen and oxygen atoms in total. The lowest BCUT2D eigenvalue weighted by Gasteiger charge is -2.23. The molecule has 1 amide bonds. The Bertz CT molecular complexity index is 497. The van der Waals surface area contributed by atoms with Gasteiger partial charge >= 0.3 is 6.18 Å². The summed E-state index contributed by atoms with van der Waals surface area (Å²) in [6.07, 6.45) is -2.95. The van der Waals surface area contributed by atoms with Crippen LogP contribution in [-0.2, 0) is 10.9 Å². The summed E-state index contributed by atoms with van der Waals surface area (Å²) in [6, 6.07) is 2.53. The SMILES string of the molecule is Nc1ccc(C(F)(F)F)cc1C(=O)NC1CCCOC1. The van der Waals surface area contributed by atoms with Crippen LogP contribution in [0.15, 0.2) is 18.2 Å². The van der Waals surface area contributed by atoms with Crippen molar-refractivity contribution >= 4 is 11.6 Å². The van der Waals surface area contributed by atoms with Crippen molar-refractivity contribution in [3.8, 4) is 0 Å². The number of amides is 1. The fraction of sp³-hybridized carbons (Fsp3) is 0.462. The standard InChI is InChI=1S/C13H15F3N2O2/c14-13(15,16)8-3-4-11(17)10(6-8)12(19)18-9-2-1-5-20-7-9/h3-4,6,9H,1-2,5,7,17H2,(H,18,19). The Morgan fingerprint density at radius 1 is 1.40 bits per heavy atom. The van der Waals surface area contributed by atoms with Crippen molar-refractivity contribution in [3.05, 3.63) is 29.3 Å². The van der Waals surface area contributed by atoms with Gasteiger partial charge in [0.15, 0.2) is 0 Å². The first kappa shape index (κ1) is 14.6. The summed E-state index contributed by atoms with van der Waals surface area (Å²) in [7, 11) is 0. The number of carbonyl (C=O) groups is 1. The summed E-state index contributed by atoms with van der Waals surface area (Å²) >= 11 is 0. The third kappa shape index (κ3) is 3.41. The quantitative estimate of drug-likeness (QED) is 0.820. The van der Waals surface area contributed by atoms with Crippen LogP contribution >= 0.6 is 0 Å². The zero-order chi connectivity index (χ0) is 14.8. The number of nitrogens with two attached hydrogens (primary N) is 1. The number of hydrogen-bond acceptors (Lipinski definition) is 3. The molecule has 0 aliphatic carbocycles. The minimum absolute atomic E-state index is 0.0206. The van der Waals surface area contributed by atoms with Crippen molar-refractivity contribution in [2.75, 3.05) is 18.9 Å². The van der Waals surface area contributed by atoms with E-state index in [0.29, 0.717) is 13.2 Å². The predicted molar refractivity (Wildman–Crippen MR) is 67.2 cm³/mol. The topological polar surface area (TPSA) is 64.4 Å². The van der Waals surface area contributed by atoms with Gasteiger partial charge in [-0.15, -0.1) is 0 Å². The van der Waals surface area contributed by atoms with Gasteiger partial charge in [-0.25, -0.2) is 0 Å². The highest BCUT2D eigenvalue weighted by molar-refractivity contribution is 5.99. The smallest absolute Gasteiger partial charge is 0.398 e. The van der Waals surface area contributed by atoms with Gasteiger partial charge < -0.3 is 15.8 Å². The van der Waals surface area contributed by atoms with E-state index < -0.39 is 17.6 Å². The molecular formula is C13H15F3N2O2. The molecule has 20 heavy (non-hydrogen) atoms. The second-order valence-electron chi connectivity index (χ2n) is 4.69. The number of anilines is 1. The molecule has 0 aromatic heterocycles. The second kappa shape index (κ2) is 5.70. The highest BCUT2D eigenvalue weighted by atomic mass is 19.4. The fourth-order valence-electron chi connectivity index (χ4n) is 2.05. The molecule has 1 saturated heterocycles. The minimum atomic E-state index is -4.50. The molecule has 3 N–H and O–H groups in total. The molecule has 1 aromatic rings. The lowest BCUT2D eigenvalue weighted by molar-refractivity contribution is -0.137. The molecule has 1 unspecified atom stereocenters. The van der Waals surface area contributed by atoms with E-state index in [9.17, 15) is 18.0 Å². The van der Waals surface area contributed by atoms with Crippen LogP contribution in [0.3, 0.4) is 0 Å². The number of rotatable bonds is 2. The van der Waals surface area contributed by atoms with Crippen molar-refractivity contribution in [2.24, 2.45) is 0 Å². The minimum Gasteiger partial charge on any atom is -0.398 e. The van der Waals surface area contributed by atoms with Crippen LogP contribution < -0.4 is 11.1 Å². The molecule has 0 saturated carbocycles. The first-order valence-corrected chi connectivity index (χ1v) is 6.23. The number of nitrogen functional groups attached to an aromatic ring is 1. The van der Waals surface area contributed by atoms with Gasteiger partial charge in [0, 0.05) is 12.3 Å². The van der Waals surface area contributed by atoms with Gasteiger partial charge in [-0.3, -0.25) is 4.79 Å². The number of hydrogen-bond donors (Lipinski definition) is 2. The van der Waals surface area contributed by atoms with Crippen molar-refractivity contribution in [2.45, 2.75) is 25.1 Å². The van der Waals surface area contributed by atoms with E-state index >= 15 is 0 Å². The highest BCUT2D eigenvalue weighted by Crippen LogP contribution is 2.31. The van der Waals surface area contributed by atoms with Crippen molar-refractivity contribution in [3.63, 3.8) is 0 Å². The van der Waals surface area contributed by atoms with E-state index in [4.69, 9.17) is 10.5 Å². The van der Waals surface area contributed by atoms with E-state index in [2.05, 4.69) is 5.32 Å². The van der Waals surface area contributed by atoms with Crippen LogP contribution in [0, 0.1) is 0 Å². The van der Waals surface area contributed by atoms with E-state index in [0.717, 1.165) is 31.0 Å². The molecule has 1 atom stereocenters. The Kier molecular flexibility index (Phi) is 4.17. The van der Waals surface area contributed by atoms with Gasteiger partial charge in [-0.05, 0) is 31.0 Å². The summed E-state index contributed by atoms with van der Waals surface area (Å²) in [5.41, 5.74) is 4.55. The van der Waals surface area contributed by atoms with Gasteiger partial charge in [0.25, 0.3) is 5.91 Å². The largest absolute Gasteiger partial charge is 0.416 e. The lowest BCUT2D eigenvalue weighted by Crippen LogP contribution is -2.40. The molecule has 7 heteroatoms. The zero-order valence-electron chi connectivity index (χ0n) is 10.7. The van der Waals surface area contributed by atoms with Gasteiger partial charge in [0.2, 0.25) is 0 Å². The molecule has 0 radical (unpaired) electrons. The summed E-state index contributed by atoms with van der Waals surface area (Å²) in [6.45, 7) is 1.00. The second-order valence-corrected chi connectivity index (χ2v) is 4.69. The molecule has 110 valence electrons. The van der Waals surface area contributed by atoms with E-state index in [1.165, 1.54) is 0 Å². The normalized spacial score (nSPS) is 19.6. The molecule has 1 aliphatic rings. The average Bonchev–Trinajstić information content (AvgIpc) is 2.39. The van der Waals surface area contributed by atoms with Gasteiger partial charge in [-0.2, -0.15) is 13.2 Å². The number of carbonyl (C=O) groups excluding carboxylic acids is 1. The number of halogens is 3. The number of alkyl halides is 3. The van der Waals surface area contributed by atoms with E-state index in [1.54, 1.807) is 0 Å². The zero-order valence-corrected chi connectivity index (χ0v) is 10.7. The van der Waals surface area contributed by atoms with Crippen LogP contribution in [0.1, 0.15) is 28.8 Å². The number of benzene rings is 1. The van der Waals surface area contributed by atoms with Gasteiger partial charge in [0.05, 0.1) is 23.8 Å². The molecule has 2 rings (SSSR count). The van der Waals surface area contributed by atoms with Crippen LogP contribution in [0.25, 0.3) is 0 Å². The first-order valence-electron chi connectivity index (χ1n) is 6.23. The Morgan fingerprint density at radius 3 is 2.75 bits per heavy atom. The summed E-state index contributed by atoms with van der Waals surface area (Å²) in [5.74, 6) is -0.607. The summed E-state index contributed by atoms with van der Waals surface area (Å²) in [4.78, 5) is 12.0. The average molecular weight is 288 g/mol. The van der Waals surface area contributed by atoms with E-state index in [1.807, 2.05) is 0 Å². The molecule has 1 aliphatic heterocycles. The fourth-order valence-corrected chi connectivity index (χ4v) is 2.05. The summed E-state index contributed by atoms with van der Waals surface area (Å²) < 4.78 is 43.1. The maximum Gasteiger partial charge on any atom is 0.416 e. The number of ether oxygens (including phenoxy) is 1. The maximum absolute atomic E-state index is 12.6. The van der Waals surface area contributed by atoms with Gasteiger partial charge in [-0.1, -0.05) is 0 Å². The Hall–Kier alpha value is -1.76. The van der Waals surface area contributed by atoms with Crippen LogP contribution in [-0.4, -0.2) is 25.2 Å². The maximum atomic E-state index is 12.6. The Morgan fingerprint density at radius 2 is 2.15 bits per heavy atom. The Labute approximate surface area is 114 Å². The van der Waals surface area contributed by atoms with E-state index in [-0.39, 0.29) is 17.3 Å². The molecule has 1 heterocycles. The molecule has 0 spiro atoms. The first-order chi connectivity index (χ1) is 9.38.